The van der Waals surface area contributed by atoms with Crippen LogP contribution in [0.2, 0.25) is 0 Å². The summed E-state index contributed by atoms with van der Waals surface area (Å²) in [5.74, 6) is 5.28. The minimum absolute atomic E-state index is 0.463. The highest BCUT2D eigenvalue weighted by molar-refractivity contribution is 5.21. The summed E-state index contributed by atoms with van der Waals surface area (Å²) in [5, 5.41) is 13.3. The lowest BCUT2D eigenvalue weighted by Gasteiger charge is -2.31. The van der Waals surface area contributed by atoms with Gasteiger partial charge in [0, 0.05) is 25.3 Å². The highest BCUT2D eigenvalue weighted by Gasteiger charge is 2.57. The first-order chi connectivity index (χ1) is 13.6. The molecular formula is C21H32N6O. The van der Waals surface area contributed by atoms with Gasteiger partial charge in [0.05, 0.1) is 6.54 Å². The normalized spacial score (nSPS) is 24.5. The van der Waals surface area contributed by atoms with Crippen molar-refractivity contribution in [2.75, 3.05) is 13.1 Å². The summed E-state index contributed by atoms with van der Waals surface area (Å²) in [7, 11) is 0. The van der Waals surface area contributed by atoms with Crippen molar-refractivity contribution in [3.8, 4) is 0 Å². The van der Waals surface area contributed by atoms with E-state index in [1.54, 1.807) is 0 Å². The Hall–Kier alpha value is -1.76. The SMILES string of the molecule is CC(C)Cc1noc(CN2CCC3(CC2)C[C@H]3c2nnc3n2CCCCC3)n1. The summed E-state index contributed by atoms with van der Waals surface area (Å²) in [6.07, 6.45) is 9.62. The minimum atomic E-state index is 0.463. The van der Waals surface area contributed by atoms with Crippen LogP contribution in [0, 0.1) is 11.3 Å². The second-order valence-electron chi connectivity index (χ2n) is 9.53. The van der Waals surface area contributed by atoms with Crippen LogP contribution in [0.15, 0.2) is 4.52 Å². The zero-order chi connectivity index (χ0) is 19.1. The monoisotopic (exact) mass is 384 g/mol. The highest BCUT2D eigenvalue weighted by atomic mass is 16.5. The average Bonchev–Trinajstić information content (AvgIpc) is 3.08. The van der Waals surface area contributed by atoms with Gasteiger partial charge >= 0.3 is 0 Å². The molecule has 152 valence electrons. The van der Waals surface area contributed by atoms with Gasteiger partial charge in [-0.05, 0) is 56.5 Å². The number of piperidine rings is 1. The molecule has 0 aromatic carbocycles. The molecule has 1 saturated carbocycles. The highest BCUT2D eigenvalue weighted by Crippen LogP contribution is 2.64. The maximum Gasteiger partial charge on any atom is 0.240 e. The standard InChI is InChI=1S/C21H32N6O/c1-15(2)12-17-22-19(28-25-17)14-26-10-7-21(8-11-26)13-16(21)20-24-23-18-6-4-3-5-9-27(18)20/h15-16H,3-14H2,1-2H3/t16-/m0/s1. The van der Waals surface area contributed by atoms with Crippen LogP contribution >= 0.6 is 0 Å². The van der Waals surface area contributed by atoms with Crippen LogP contribution in [0.1, 0.15) is 81.7 Å². The zero-order valence-corrected chi connectivity index (χ0v) is 17.2. The predicted molar refractivity (Wildman–Crippen MR) is 105 cm³/mol. The summed E-state index contributed by atoms with van der Waals surface area (Å²) < 4.78 is 7.92. The van der Waals surface area contributed by atoms with Gasteiger partial charge in [0.25, 0.3) is 0 Å². The Morgan fingerprint density at radius 1 is 1.11 bits per heavy atom. The molecule has 1 aliphatic carbocycles. The molecule has 2 fully saturated rings. The summed E-state index contributed by atoms with van der Waals surface area (Å²) in [6.45, 7) is 8.48. The maximum atomic E-state index is 5.47. The van der Waals surface area contributed by atoms with Crippen LogP contribution in [0.4, 0.5) is 0 Å². The molecule has 2 aromatic rings. The molecular weight excluding hydrogens is 352 g/mol. The van der Waals surface area contributed by atoms with Gasteiger partial charge in [-0.1, -0.05) is 25.4 Å². The lowest BCUT2D eigenvalue weighted by Crippen LogP contribution is -2.34. The first-order valence-corrected chi connectivity index (χ1v) is 11.1. The quantitative estimate of drug-likeness (QED) is 0.787. The molecule has 2 aromatic heterocycles. The minimum Gasteiger partial charge on any atom is -0.338 e. The molecule has 2 aliphatic heterocycles. The van der Waals surface area contributed by atoms with Crippen LogP contribution < -0.4 is 0 Å². The van der Waals surface area contributed by atoms with Crippen LogP contribution in [-0.4, -0.2) is 42.9 Å². The van der Waals surface area contributed by atoms with Gasteiger partial charge in [0.15, 0.2) is 5.82 Å². The molecule has 0 amide bonds. The smallest absolute Gasteiger partial charge is 0.240 e. The van der Waals surface area contributed by atoms with Gasteiger partial charge in [-0.15, -0.1) is 10.2 Å². The lowest BCUT2D eigenvalue weighted by molar-refractivity contribution is 0.145. The average molecular weight is 385 g/mol. The predicted octanol–water partition coefficient (Wildman–Crippen LogP) is 3.36. The third-order valence-corrected chi connectivity index (χ3v) is 6.95. The number of hydrogen-bond acceptors (Lipinski definition) is 6. The number of rotatable bonds is 5. The fourth-order valence-corrected chi connectivity index (χ4v) is 5.18. The Morgan fingerprint density at radius 3 is 2.79 bits per heavy atom. The van der Waals surface area contributed by atoms with E-state index in [9.17, 15) is 0 Å². The van der Waals surface area contributed by atoms with Gasteiger partial charge in [-0.3, -0.25) is 4.90 Å². The van der Waals surface area contributed by atoms with Crippen LogP contribution in [-0.2, 0) is 25.9 Å². The van der Waals surface area contributed by atoms with Crippen molar-refractivity contribution < 1.29 is 4.52 Å². The Morgan fingerprint density at radius 2 is 1.96 bits per heavy atom. The fraction of sp³-hybridized carbons (Fsp3) is 0.810. The van der Waals surface area contributed by atoms with Crippen molar-refractivity contribution in [3.63, 3.8) is 0 Å². The van der Waals surface area contributed by atoms with Crippen molar-refractivity contribution in [2.45, 2.75) is 84.2 Å². The lowest BCUT2D eigenvalue weighted by atomic mass is 9.90. The third-order valence-electron chi connectivity index (χ3n) is 6.95. The molecule has 3 aliphatic rings. The van der Waals surface area contributed by atoms with Crippen molar-refractivity contribution in [3.05, 3.63) is 23.4 Å². The Labute approximate surface area is 166 Å². The van der Waals surface area contributed by atoms with Crippen LogP contribution in [0.25, 0.3) is 0 Å². The molecule has 28 heavy (non-hydrogen) atoms. The third kappa shape index (κ3) is 3.49. The molecule has 7 nitrogen and oxygen atoms in total. The molecule has 5 rings (SSSR count). The van der Waals surface area contributed by atoms with E-state index in [2.05, 4.69) is 43.7 Å². The molecule has 7 heteroatoms. The number of hydrogen-bond donors (Lipinski definition) is 0. The molecule has 0 unspecified atom stereocenters. The summed E-state index contributed by atoms with van der Waals surface area (Å²) in [4.78, 5) is 7.04. The molecule has 1 atom stereocenters. The maximum absolute atomic E-state index is 5.47. The number of likely N-dealkylation sites (tertiary alicyclic amines) is 1. The van der Waals surface area contributed by atoms with Crippen LogP contribution in [0.5, 0.6) is 0 Å². The van der Waals surface area contributed by atoms with Gasteiger partial charge in [-0.25, -0.2) is 0 Å². The van der Waals surface area contributed by atoms with E-state index in [0.29, 0.717) is 17.3 Å². The number of fused-ring (bicyclic) bond motifs is 1. The van der Waals surface area contributed by atoms with E-state index >= 15 is 0 Å². The molecule has 1 saturated heterocycles. The summed E-state index contributed by atoms with van der Waals surface area (Å²) in [6, 6.07) is 0. The molecule has 0 N–H and O–H groups in total. The van der Waals surface area contributed by atoms with Gasteiger partial charge < -0.3 is 9.09 Å². The van der Waals surface area contributed by atoms with E-state index in [-0.39, 0.29) is 0 Å². The molecule has 0 radical (unpaired) electrons. The van der Waals surface area contributed by atoms with Crippen molar-refractivity contribution in [1.82, 2.24) is 29.8 Å². The number of nitrogens with zero attached hydrogens (tertiary/aromatic N) is 6. The van der Waals surface area contributed by atoms with Gasteiger partial charge in [0.2, 0.25) is 5.89 Å². The van der Waals surface area contributed by atoms with E-state index in [1.807, 2.05) is 0 Å². The summed E-state index contributed by atoms with van der Waals surface area (Å²) >= 11 is 0. The van der Waals surface area contributed by atoms with Crippen molar-refractivity contribution in [1.29, 1.82) is 0 Å². The van der Waals surface area contributed by atoms with E-state index in [4.69, 9.17) is 4.52 Å². The van der Waals surface area contributed by atoms with E-state index in [1.165, 1.54) is 50.2 Å². The van der Waals surface area contributed by atoms with Crippen molar-refractivity contribution in [2.24, 2.45) is 11.3 Å². The molecule has 1 spiro atoms. The fourth-order valence-electron chi connectivity index (χ4n) is 5.18. The van der Waals surface area contributed by atoms with Crippen molar-refractivity contribution >= 4 is 0 Å². The molecule has 0 bridgehead atoms. The Balaban J connectivity index is 1.18. The number of aromatic nitrogens is 5. The second-order valence-corrected chi connectivity index (χ2v) is 9.53. The largest absolute Gasteiger partial charge is 0.338 e. The van der Waals surface area contributed by atoms with Gasteiger partial charge in [-0.2, -0.15) is 4.98 Å². The van der Waals surface area contributed by atoms with E-state index in [0.717, 1.165) is 50.7 Å². The summed E-state index contributed by atoms with van der Waals surface area (Å²) in [5.41, 5.74) is 0.463. The Bertz CT molecular complexity index is 817. The second kappa shape index (κ2) is 7.25. The van der Waals surface area contributed by atoms with Crippen LogP contribution in [0.3, 0.4) is 0 Å². The topological polar surface area (TPSA) is 72.9 Å². The van der Waals surface area contributed by atoms with Gasteiger partial charge in [0.1, 0.15) is 11.6 Å². The first-order valence-electron chi connectivity index (χ1n) is 11.1. The first kappa shape index (κ1) is 18.3. The Kier molecular flexibility index (Phi) is 4.73. The number of aryl methyl sites for hydroxylation is 1. The van der Waals surface area contributed by atoms with E-state index < -0.39 is 0 Å². The zero-order valence-electron chi connectivity index (χ0n) is 17.2. The molecule has 4 heterocycles.